The Bertz CT molecular complexity index is 956. The summed E-state index contributed by atoms with van der Waals surface area (Å²) in [5.41, 5.74) is 1.62. The second-order valence-corrected chi connectivity index (χ2v) is 8.64. The fraction of sp³-hybridized carbons (Fsp3) is 0.385. The molecule has 29 heavy (non-hydrogen) atoms. The van der Waals surface area contributed by atoms with Gasteiger partial charge in [-0.25, -0.2) is 9.13 Å². The molecule has 0 amide bonds. The maximum Gasteiger partial charge on any atom is 0.258 e. The minimum Gasteiger partial charge on any atom is -0.237 e. The largest absolute Gasteiger partial charge is 0.258 e. The molecule has 0 N–H and O–H groups in total. The van der Waals surface area contributed by atoms with Crippen molar-refractivity contribution < 1.29 is 4.57 Å². The highest BCUT2D eigenvalue weighted by Gasteiger charge is 2.47. The van der Waals surface area contributed by atoms with Gasteiger partial charge in [-0.05, 0) is 36.3 Å². The average molecular weight is 385 g/mol. The van der Waals surface area contributed by atoms with Crippen LogP contribution in [0.4, 0.5) is 0 Å². The molecule has 4 rings (SSSR count). The third-order valence-corrected chi connectivity index (χ3v) is 6.64. The van der Waals surface area contributed by atoms with Gasteiger partial charge in [0.2, 0.25) is 0 Å². The predicted molar refractivity (Wildman–Crippen MR) is 115 cm³/mol. The Hall–Kier alpha value is -2.86. The molecule has 148 valence electrons. The van der Waals surface area contributed by atoms with E-state index in [-0.39, 0.29) is 5.92 Å². The van der Waals surface area contributed by atoms with E-state index in [1.807, 2.05) is 12.1 Å². The van der Waals surface area contributed by atoms with E-state index in [0.29, 0.717) is 12.0 Å². The van der Waals surface area contributed by atoms with Gasteiger partial charge >= 0.3 is 0 Å². The molecule has 0 bridgehead atoms. The van der Waals surface area contributed by atoms with Crippen molar-refractivity contribution in [1.82, 2.24) is 4.57 Å². The van der Waals surface area contributed by atoms with Gasteiger partial charge in [0.15, 0.2) is 0 Å². The van der Waals surface area contributed by atoms with Gasteiger partial charge in [-0.2, -0.15) is 5.26 Å². The zero-order valence-corrected chi connectivity index (χ0v) is 17.6. The van der Waals surface area contributed by atoms with Gasteiger partial charge in [0, 0.05) is 0 Å². The second-order valence-electron chi connectivity index (χ2n) is 8.64. The van der Waals surface area contributed by atoms with Crippen molar-refractivity contribution in [1.29, 1.82) is 5.26 Å². The summed E-state index contributed by atoms with van der Waals surface area (Å²) in [7, 11) is 2.13. The first kappa shape index (κ1) is 19.5. The molecule has 0 radical (unpaired) electrons. The molecule has 1 aromatic heterocycles. The summed E-state index contributed by atoms with van der Waals surface area (Å²) in [6, 6.07) is 24.0. The molecule has 0 spiro atoms. The molecule has 1 heterocycles. The third-order valence-electron chi connectivity index (χ3n) is 6.64. The van der Waals surface area contributed by atoms with Crippen LogP contribution in [-0.4, -0.2) is 4.57 Å². The first-order valence-electron chi connectivity index (χ1n) is 10.7. The van der Waals surface area contributed by atoms with E-state index in [0.717, 1.165) is 30.4 Å². The van der Waals surface area contributed by atoms with Crippen LogP contribution in [-0.2, 0) is 12.5 Å². The summed E-state index contributed by atoms with van der Waals surface area (Å²) in [4.78, 5) is 0. The third kappa shape index (κ3) is 3.27. The van der Waals surface area contributed by atoms with Crippen molar-refractivity contribution in [2.45, 2.75) is 50.5 Å². The van der Waals surface area contributed by atoms with Crippen molar-refractivity contribution >= 4 is 0 Å². The van der Waals surface area contributed by atoms with Crippen LogP contribution in [0.2, 0.25) is 0 Å². The van der Waals surface area contributed by atoms with Gasteiger partial charge in [-0.3, -0.25) is 0 Å². The lowest BCUT2D eigenvalue weighted by Gasteiger charge is -2.34. The van der Waals surface area contributed by atoms with Crippen LogP contribution in [0.3, 0.4) is 0 Å². The van der Waals surface area contributed by atoms with Crippen LogP contribution in [0.15, 0.2) is 73.1 Å². The predicted octanol–water partition coefficient (Wildman–Crippen LogP) is 5.29. The van der Waals surface area contributed by atoms with Crippen molar-refractivity contribution in [2.75, 3.05) is 0 Å². The fourth-order valence-corrected chi connectivity index (χ4v) is 5.39. The van der Waals surface area contributed by atoms with Crippen LogP contribution in [0.5, 0.6) is 0 Å². The molecular weight excluding hydrogens is 354 g/mol. The highest BCUT2D eigenvalue weighted by Crippen LogP contribution is 2.49. The molecule has 2 aromatic carbocycles. The Morgan fingerprint density at radius 3 is 2.10 bits per heavy atom. The lowest BCUT2D eigenvalue weighted by atomic mass is 9.66. The van der Waals surface area contributed by atoms with Gasteiger partial charge < -0.3 is 0 Å². The van der Waals surface area contributed by atoms with E-state index in [1.54, 1.807) is 0 Å². The SMILES string of the molecule is CC(C)c1n(C2CCC(C(C#N)(c3ccccc3)c3ccccc3)C2)cc[n+]1C. The molecule has 3 aromatic rings. The first-order chi connectivity index (χ1) is 14.1. The Balaban J connectivity index is 1.76. The summed E-state index contributed by atoms with van der Waals surface area (Å²) in [6.45, 7) is 4.51. The van der Waals surface area contributed by atoms with E-state index in [9.17, 15) is 5.26 Å². The van der Waals surface area contributed by atoms with E-state index >= 15 is 0 Å². The Kier molecular flexibility index (Phi) is 5.28. The topological polar surface area (TPSA) is 32.6 Å². The number of nitriles is 1. The number of hydrogen-bond acceptors (Lipinski definition) is 1. The molecule has 0 aliphatic heterocycles. The maximum atomic E-state index is 10.6. The van der Waals surface area contributed by atoms with E-state index in [4.69, 9.17) is 0 Å². The summed E-state index contributed by atoms with van der Waals surface area (Å²) < 4.78 is 4.70. The Morgan fingerprint density at radius 1 is 1.00 bits per heavy atom. The van der Waals surface area contributed by atoms with E-state index in [1.165, 1.54) is 5.82 Å². The van der Waals surface area contributed by atoms with Crippen LogP contribution < -0.4 is 4.57 Å². The Morgan fingerprint density at radius 2 is 1.59 bits per heavy atom. The normalized spacial score (nSPS) is 19.4. The Labute approximate surface area is 174 Å². The van der Waals surface area contributed by atoms with Gasteiger partial charge in [0.1, 0.15) is 23.9 Å². The molecule has 1 fully saturated rings. The van der Waals surface area contributed by atoms with Crippen molar-refractivity contribution in [3.8, 4) is 6.07 Å². The number of aryl methyl sites for hydroxylation is 1. The minimum absolute atomic E-state index is 0.287. The van der Waals surface area contributed by atoms with Gasteiger partial charge in [-0.15, -0.1) is 0 Å². The van der Waals surface area contributed by atoms with Gasteiger partial charge in [0.05, 0.1) is 19.0 Å². The smallest absolute Gasteiger partial charge is 0.237 e. The summed E-state index contributed by atoms with van der Waals surface area (Å²) in [5, 5.41) is 10.6. The zero-order chi connectivity index (χ0) is 20.4. The molecule has 2 atom stereocenters. The van der Waals surface area contributed by atoms with Gasteiger partial charge in [0.25, 0.3) is 5.82 Å². The van der Waals surface area contributed by atoms with Gasteiger partial charge in [-0.1, -0.05) is 74.5 Å². The van der Waals surface area contributed by atoms with E-state index < -0.39 is 5.41 Å². The standard InChI is InChI=1S/C26H30N3/c1-20(2)25-28(3)16-17-29(25)24-15-14-23(18-24)26(19-27,21-10-6-4-7-11-21)22-12-8-5-9-13-22/h4-13,16-17,20,23-24H,14-15,18H2,1-3H3/q+1. The molecule has 1 aliphatic rings. The molecule has 1 aliphatic carbocycles. The van der Waals surface area contributed by atoms with Crippen molar-refractivity contribution in [2.24, 2.45) is 13.0 Å². The molecule has 3 nitrogen and oxygen atoms in total. The quantitative estimate of drug-likeness (QED) is 0.550. The molecule has 2 unspecified atom stereocenters. The molecule has 1 saturated carbocycles. The highest BCUT2D eigenvalue weighted by molar-refractivity contribution is 5.47. The zero-order valence-electron chi connectivity index (χ0n) is 17.6. The summed E-state index contributed by atoms with van der Waals surface area (Å²) >= 11 is 0. The molecule has 0 saturated heterocycles. The van der Waals surface area contributed by atoms with Crippen molar-refractivity contribution in [3.63, 3.8) is 0 Å². The number of aromatic nitrogens is 2. The summed E-state index contributed by atoms with van der Waals surface area (Å²) in [6.07, 6.45) is 7.57. The van der Waals surface area contributed by atoms with Crippen LogP contribution in [0, 0.1) is 17.2 Å². The fourth-order valence-electron chi connectivity index (χ4n) is 5.39. The lowest BCUT2D eigenvalue weighted by Crippen LogP contribution is -2.35. The highest BCUT2D eigenvalue weighted by atomic mass is 15.2. The van der Waals surface area contributed by atoms with Crippen molar-refractivity contribution in [3.05, 3.63) is 90.0 Å². The number of hydrogen-bond donors (Lipinski definition) is 0. The number of rotatable bonds is 5. The van der Waals surface area contributed by atoms with Crippen LogP contribution in [0.25, 0.3) is 0 Å². The molecular formula is C26H30N3+. The lowest BCUT2D eigenvalue weighted by molar-refractivity contribution is -0.680. The average Bonchev–Trinajstić information content (AvgIpc) is 3.38. The number of imidazole rings is 1. The number of nitrogens with zero attached hydrogens (tertiary/aromatic N) is 3. The second kappa shape index (κ2) is 7.87. The monoisotopic (exact) mass is 384 g/mol. The minimum atomic E-state index is -0.607. The number of benzene rings is 2. The molecule has 3 heteroatoms. The van der Waals surface area contributed by atoms with E-state index in [2.05, 4.69) is 97.0 Å². The summed E-state index contributed by atoms with van der Waals surface area (Å²) in [5.74, 6) is 2.12. The first-order valence-corrected chi connectivity index (χ1v) is 10.7. The van der Waals surface area contributed by atoms with Crippen LogP contribution in [0.1, 0.15) is 62.0 Å². The van der Waals surface area contributed by atoms with Crippen LogP contribution >= 0.6 is 0 Å². The maximum absolute atomic E-state index is 10.6.